The second kappa shape index (κ2) is 6.48. The number of hydrogen-bond acceptors (Lipinski definition) is 4. The van der Waals surface area contributed by atoms with E-state index in [0.717, 1.165) is 35.8 Å². The van der Waals surface area contributed by atoms with Gasteiger partial charge in [-0.15, -0.1) is 11.3 Å². The van der Waals surface area contributed by atoms with Crippen molar-refractivity contribution in [3.05, 3.63) is 11.1 Å². The Morgan fingerprint density at radius 3 is 2.95 bits per heavy atom. The molecule has 1 aliphatic rings. The Morgan fingerprint density at radius 2 is 2.37 bits per heavy atom. The summed E-state index contributed by atoms with van der Waals surface area (Å²) in [7, 11) is 0. The van der Waals surface area contributed by atoms with Crippen molar-refractivity contribution in [3.8, 4) is 0 Å². The van der Waals surface area contributed by atoms with E-state index in [9.17, 15) is 4.79 Å². The second-order valence-corrected chi connectivity index (χ2v) is 6.17. The largest absolute Gasteiger partial charge is 0.311 e. The van der Waals surface area contributed by atoms with Gasteiger partial charge in [0.1, 0.15) is 0 Å². The lowest BCUT2D eigenvalue weighted by Gasteiger charge is -2.14. The van der Waals surface area contributed by atoms with Crippen LogP contribution >= 0.6 is 11.3 Å². The summed E-state index contributed by atoms with van der Waals surface area (Å²) in [4.78, 5) is 17.7. The van der Waals surface area contributed by atoms with E-state index in [1.54, 1.807) is 23.2 Å². The number of carbonyl (C=O) groups is 1. The van der Waals surface area contributed by atoms with E-state index in [-0.39, 0.29) is 5.91 Å². The molecule has 5 heteroatoms. The van der Waals surface area contributed by atoms with Crippen molar-refractivity contribution in [3.63, 3.8) is 0 Å². The predicted molar refractivity (Wildman–Crippen MR) is 79.4 cm³/mol. The first-order chi connectivity index (χ1) is 9.11. The van der Waals surface area contributed by atoms with Gasteiger partial charge in [0.2, 0.25) is 5.91 Å². The molecular weight excluding hydrogens is 258 g/mol. The molecule has 0 bridgehead atoms. The first-order valence-corrected chi connectivity index (χ1v) is 7.93. The monoisotopic (exact) mass is 281 g/mol. The molecule has 1 N–H and O–H groups in total. The third kappa shape index (κ3) is 4.01. The number of carbonyl (C=O) groups excluding carboxylic acids is 1. The number of thiazole rings is 1. The molecule has 0 aromatic carbocycles. The molecule has 1 saturated carbocycles. The third-order valence-corrected chi connectivity index (χ3v) is 4.58. The topological polar surface area (TPSA) is 45.2 Å². The summed E-state index contributed by atoms with van der Waals surface area (Å²) in [5, 5.41) is 6.31. The summed E-state index contributed by atoms with van der Waals surface area (Å²) in [5.74, 6) is 1.76. The summed E-state index contributed by atoms with van der Waals surface area (Å²) in [6.07, 6.45) is 2.79. The second-order valence-electron chi connectivity index (χ2n) is 5.33. The quantitative estimate of drug-likeness (QED) is 0.835. The van der Waals surface area contributed by atoms with Crippen LogP contribution in [0.4, 0.5) is 5.13 Å². The van der Waals surface area contributed by atoms with Crippen LogP contribution in [-0.4, -0.2) is 24.0 Å². The van der Waals surface area contributed by atoms with Gasteiger partial charge >= 0.3 is 0 Å². The van der Waals surface area contributed by atoms with Crippen LogP contribution in [0, 0.1) is 11.8 Å². The molecule has 4 nitrogen and oxygen atoms in total. The Bertz CT molecular complexity index is 428. The number of nitrogens with zero attached hydrogens (tertiary/aromatic N) is 2. The van der Waals surface area contributed by atoms with Crippen LogP contribution in [0.2, 0.25) is 0 Å². The molecule has 1 aromatic heterocycles. The number of anilines is 1. The van der Waals surface area contributed by atoms with Crippen LogP contribution in [0.25, 0.3) is 0 Å². The van der Waals surface area contributed by atoms with Crippen molar-refractivity contribution in [1.82, 2.24) is 10.3 Å². The number of rotatable bonds is 7. The summed E-state index contributed by atoms with van der Waals surface area (Å²) >= 11 is 1.54. The molecule has 0 radical (unpaired) electrons. The van der Waals surface area contributed by atoms with Crippen molar-refractivity contribution in [1.29, 1.82) is 0 Å². The summed E-state index contributed by atoms with van der Waals surface area (Å²) < 4.78 is 0. The molecule has 1 aliphatic carbocycles. The van der Waals surface area contributed by atoms with Crippen molar-refractivity contribution >= 4 is 22.4 Å². The maximum absolute atomic E-state index is 11.4. The van der Waals surface area contributed by atoms with Gasteiger partial charge in [-0.3, -0.25) is 9.69 Å². The first kappa shape index (κ1) is 14.5. The molecule has 1 unspecified atom stereocenters. The number of nitrogens with one attached hydrogen (secondary N) is 1. The molecule has 1 aromatic rings. The average molecular weight is 281 g/mol. The summed E-state index contributed by atoms with van der Waals surface area (Å²) in [6, 6.07) is 0. The standard InChI is InChI=1S/C14H23N3OS/c1-4-17(11(3)18)14-16-13(9-19-14)8-15-7-10(2)12-5-6-12/h9-10,12,15H,4-8H2,1-3H3. The predicted octanol–water partition coefficient (Wildman–Crippen LogP) is 2.65. The summed E-state index contributed by atoms with van der Waals surface area (Å²) in [5.41, 5.74) is 1.03. The van der Waals surface area contributed by atoms with E-state index in [1.165, 1.54) is 12.8 Å². The molecule has 1 atom stereocenters. The SMILES string of the molecule is CCN(C(C)=O)c1nc(CNCC(C)C2CC2)cs1. The molecule has 106 valence electrons. The Hall–Kier alpha value is -0.940. The minimum absolute atomic E-state index is 0.0544. The molecule has 19 heavy (non-hydrogen) atoms. The molecule has 2 rings (SSSR count). The zero-order chi connectivity index (χ0) is 13.8. The van der Waals surface area contributed by atoms with E-state index >= 15 is 0 Å². The third-order valence-electron chi connectivity index (χ3n) is 3.67. The first-order valence-electron chi connectivity index (χ1n) is 7.05. The Labute approximate surface area is 119 Å². The molecule has 1 amide bonds. The number of aromatic nitrogens is 1. The Balaban J connectivity index is 1.81. The average Bonchev–Trinajstić information content (AvgIpc) is 3.12. The van der Waals surface area contributed by atoms with Crippen LogP contribution < -0.4 is 10.2 Å². The van der Waals surface area contributed by atoms with Crippen LogP contribution in [0.5, 0.6) is 0 Å². The van der Waals surface area contributed by atoms with E-state index in [1.807, 2.05) is 12.3 Å². The van der Waals surface area contributed by atoms with Gasteiger partial charge in [0.15, 0.2) is 5.13 Å². The van der Waals surface area contributed by atoms with Crippen LogP contribution in [0.15, 0.2) is 5.38 Å². The zero-order valence-electron chi connectivity index (χ0n) is 12.0. The minimum atomic E-state index is 0.0544. The van der Waals surface area contributed by atoms with Gasteiger partial charge < -0.3 is 5.32 Å². The van der Waals surface area contributed by atoms with Crippen molar-refractivity contribution < 1.29 is 4.79 Å². The highest BCUT2D eigenvalue weighted by atomic mass is 32.1. The highest BCUT2D eigenvalue weighted by Crippen LogP contribution is 2.36. The van der Waals surface area contributed by atoms with Gasteiger partial charge in [0.25, 0.3) is 0 Å². The summed E-state index contributed by atoms with van der Waals surface area (Å²) in [6.45, 7) is 8.39. The van der Waals surface area contributed by atoms with E-state index < -0.39 is 0 Å². The fraction of sp³-hybridized carbons (Fsp3) is 0.714. The van der Waals surface area contributed by atoms with Crippen molar-refractivity contribution in [2.45, 2.75) is 40.2 Å². The normalized spacial score (nSPS) is 16.4. The smallest absolute Gasteiger partial charge is 0.225 e. The lowest BCUT2D eigenvalue weighted by Crippen LogP contribution is -2.28. The van der Waals surface area contributed by atoms with E-state index in [2.05, 4.69) is 17.2 Å². The number of hydrogen-bond donors (Lipinski definition) is 1. The molecule has 0 aliphatic heterocycles. The maximum atomic E-state index is 11.4. The maximum Gasteiger partial charge on any atom is 0.225 e. The fourth-order valence-electron chi connectivity index (χ4n) is 2.25. The zero-order valence-corrected chi connectivity index (χ0v) is 12.8. The molecule has 1 fully saturated rings. The molecule has 0 spiro atoms. The number of amides is 1. The van der Waals surface area contributed by atoms with Crippen molar-refractivity contribution in [2.24, 2.45) is 11.8 Å². The van der Waals surface area contributed by atoms with Gasteiger partial charge in [-0.25, -0.2) is 4.98 Å². The fourth-order valence-corrected chi connectivity index (χ4v) is 3.19. The minimum Gasteiger partial charge on any atom is -0.311 e. The van der Waals surface area contributed by atoms with Crippen LogP contribution in [-0.2, 0) is 11.3 Å². The highest BCUT2D eigenvalue weighted by Gasteiger charge is 2.27. The van der Waals surface area contributed by atoms with Gasteiger partial charge in [-0.2, -0.15) is 0 Å². The van der Waals surface area contributed by atoms with Crippen LogP contribution in [0.3, 0.4) is 0 Å². The van der Waals surface area contributed by atoms with E-state index in [4.69, 9.17) is 0 Å². The Morgan fingerprint density at radius 1 is 1.63 bits per heavy atom. The Kier molecular flexibility index (Phi) is 4.93. The highest BCUT2D eigenvalue weighted by molar-refractivity contribution is 7.14. The van der Waals surface area contributed by atoms with Gasteiger partial charge in [-0.1, -0.05) is 6.92 Å². The van der Waals surface area contributed by atoms with Crippen molar-refractivity contribution in [2.75, 3.05) is 18.0 Å². The van der Waals surface area contributed by atoms with Gasteiger partial charge in [-0.05, 0) is 38.1 Å². The van der Waals surface area contributed by atoms with E-state index in [0.29, 0.717) is 6.54 Å². The molecule has 1 heterocycles. The lowest BCUT2D eigenvalue weighted by atomic mass is 10.1. The molecular formula is C14H23N3OS. The lowest BCUT2D eigenvalue weighted by molar-refractivity contribution is -0.116. The van der Waals surface area contributed by atoms with Crippen LogP contribution in [0.1, 0.15) is 39.3 Å². The van der Waals surface area contributed by atoms with Gasteiger partial charge in [0.05, 0.1) is 5.69 Å². The van der Waals surface area contributed by atoms with Gasteiger partial charge in [0, 0.05) is 25.4 Å². The molecule has 0 saturated heterocycles.